The van der Waals surface area contributed by atoms with Crippen molar-refractivity contribution in [3.63, 3.8) is 0 Å². The van der Waals surface area contributed by atoms with Crippen LogP contribution in [0, 0.1) is 10.1 Å². The van der Waals surface area contributed by atoms with Crippen LogP contribution in [0.2, 0.25) is 0 Å². The van der Waals surface area contributed by atoms with Crippen molar-refractivity contribution >= 4 is 0 Å². The zero-order valence-electron chi connectivity index (χ0n) is 18.5. The summed E-state index contributed by atoms with van der Waals surface area (Å²) in [4.78, 5) is 13.0. The molecule has 0 aromatic heterocycles. The summed E-state index contributed by atoms with van der Waals surface area (Å²) in [6.45, 7) is 4.61. The lowest BCUT2D eigenvalue weighted by Gasteiger charge is -2.17. The van der Waals surface area contributed by atoms with E-state index in [1.165, 1.54) is 109 Å². The molecule has 0 aromatic rings. The van der Waals surface area contributed by atoms with Crippen molar-refractivity contribution in [3.8, 4) is 0 Å². The maximum atomic E-state index is 8.36. The molecule has 0 amide bonds. The van der Waals surface area contributed by atoms with Gasteiger partial charge in [-0.05, 0) is 6.42 Å². The third-order valence-electron chi connectivity index (χ3n) is 5.24. The third kappa shape index (κ3) is 20.8. The van der Waals surface area contributed by atoms with Crippen LogP contribution in [-0.2, 0) is 0 Å². The largest absolute Gasteiger partial charge is 0.362 e. The van der Waals surface area contributed by atoms with Gasteiger partial charge in [-0.2, -0.15) is 0 Å². The molecule has 1 rings (SSSR count). The lowest BCUT2D eigenvalue weighted by Crippen LogP contribution is -2.23. The zero-order valence-corrected chi connectivity index (χ0v) is 18.5. The molecule has 0 bridgehead atoms. The van der Waals surface area contributed by atoms with Gasteiger partial charge >= 0.3 is 0 Å². The lowest BCUT2D eigenvalue weighted by atomic mass is 10.0. The minimum absolute atomic E-state index is 1.08. The van der Waals surface area contributed by atoms with Crippen LogP contribution in [0.15, 0.2) is 12.4 Å². The van der Waals surface area contributed by atoms with Gasteiger partial charge in [0.2, 0.25) is 0 Å². The third-order valence-corrected chi connectivity index (χ3v) is 5.24. The van der Waals surface area contributed by atoms with E-state index in [2.05, 4.69) is 36.2 Å². The Morgan fingerprint density at radius 3 is 1.46 bits per heavy atom. The van der Waals surface area contributed by atoms with E-state index in [0.717, 1.165) is 6.67 Å². The Bertz CT molecular complexity index is 374. The van der Waals surface area contributed by atoms with Gasteiger partial charge in [0.15, 0.2) is 0 Å². The molecule has 0 unspecified atom stereocenters. The second-order valence-electron chi connectivity index (χ2n) is 8.05. The molecule has 0 aliphatic carbocycles. The van der Waals surface area contributed by atoms with Crippen molar-refractivity contribution < 1.29 is 10.3 Å². The van der Waals surface area contributed by atoms with Crippen LogP contribution >= 0.6 is 0 Å². The summed E-state index contributed by atoms with van der Waals surface area (Å²) in [6, 6.07) is 0. The molecule has 0 fully saturated rings. The van der Waals surface area contributed by atoms with E-state index in [9.17, 15) is 0 Å². The van der Waals surface area contributed by atoms with Gasteiger partial charge < -0.3 is 15.0 Å². The van der Waals surface area contributed by atoms with Crippen LogP contribution in [0.5, 0.6) is 0 Å². The van der Waals surface area contributed by atoms with Crippen molar-refractivity contribution in [2.45, 2.75) is 110 Å². The van der Waals surface area contributed by atoms with Gasteiger partial charge in [-0.1, -0.05) is 103 Å². The second-order valence-corrected chi connectivity index (χ2v) is 8.05. The summed E-state index contributed by atoms with van der Waals surface area (Å²) in [5.41, 5.74) is 0. The Hall–Kier alpha value is -1.46. The molecule has 1 N–H and O–H groups in total. The van der Waals surface area contributed by atoms with Crippen molar-refractivity contribution in [1.29, 1.82) is 0 Å². The number of unbranched alkanes of at least 4 members (excludes halogenated alkanes) is 15. The van der Waals surface area contributed by atoms with Crippen LogP contribution in [0.3, 0.4) is 0 Å². The van der Waals surface area contributed by atoms with E-state index in [1.807, 2.05) is 0 Å². The number of nitrogens with zero attached hydrogens (tertiary/aromatic N) is 3. The summed E-state index contributed by atoms with van der Waals surface area (Å²) in [5, 5.41) is 13.6. The summed E-state index contributed by atoms with van der Waals surface area (Å²) < 4.78 is 0. The molecule has 6 heteroatoms. The van der Waals surface area contributed by atoms with Gasteiger partial charge in [-0.3, -0.25) is 0 Å². The van der Waals surface area contributed by atoms with Crippen molar-refractivity contribution in [2.75, 3.05) is 20.3 Å². The average Bonchev–Trinajstić information content (AvgIpc) is 3.06. The Labute approximate surface area is 173 Å². The fourth-order valence-corrected chi connectivity index (χ4v) is 3.60. The minimum atomic E-state index is -1.50. The van der Waals surface area contributed by atoms with Crippen LogP contribution in [0.25, 0.3) is 0 Å². The fraction of sp³-hybridized carbons (Fsp3) is 0.909. The van der Waals surface area contributed by atoms with E-state index in [4.69, 9.17) is 15.3 Å². The second kappa shape index (κ2) is 20.3. The maximum Gasteiger partial charge on any atom is 0.291 e. The Morgan fingerprint density at radius 2 is 1.14 bits per heavy atom. The topological polar surface area (TPSA) is 69.9 Å². The first-order valence-electron chi connectivity index (χ1n) is 11.5. The summed E-state index contributed by atoms with van der Waals surface area (Å²) in [7, 11) is 2.14. The van der Waals surface area contributed by atoms with Gasteiger partial charge in [0.25, 0.3) is 5.09 Å². The quantitative estimate of drug-likeness (QED) is 0.170. The van der Waals surface area contributed by atoms with Crippen LogP contribution in [-0.4, -0.2) is 40.4 Å². The molecule has 1 heterocycles. The fourth-order valence-electron chi connectivity index (χ4n) is 3.60. The van der Waals surface area contributed by atoms with Crippen LogP contribution in [0.4, 0.5) is 0 Å². The van der Waals surface area contributed by atoms with Gasteiger partial charge in [-0.25, -0.2) is 0 Å². The molecule has 0 saturated carbocycles. The number of hydrogen-bond donors (Lipinski definition) is 1. The van der Waals surface area contributed by atoms with Gasteiger partial charge in [0, 0.05) is 26.0 Å². The molecule has 166 valence electrons. The van der Waals surface area contributed by atoms with E-state index in [1.54, 1.807) is 0 Å². The van der Waals surface area contributed by atoms with Crippen LogP contribution < -0.4 is 0 Å². The minimum Gasteiger partial charge on any atom is -0.362 e. The van der Waals surface area contributed by atoms with Crippen molar-refractivity contribution in [3.05, 3.63) is 22.5 Å². The van der Waals surface area contributed by atoms with Gasteiger partial charge in [-0.15, -0.1) is 10.1 Å². The summed E-state index contributed by atoms with van der Waals surface area (Å²) >= 11 is 0. The molecule has 0 atom stereocenters. The van der Waals surface area contributed by atoms with E-state index < -0.39 is 5.09 Å². The lowest BCUT2D eigenvalue weighted by molar-refractivity contribution is -0.742. The van der Waals surface area contributed by atoms with E-state index in [-0.39, 0.29) is 0 Å². The highest BCUT2D eigenvalue weighted by atomic mass is 16.9. The monoisotopic (exact) mass is 399 g/mol. The molecule has 1 aliphatic rings. The molecule has 28 heavy (non-hydrogen) atoms. The van der Waals surface area contributed by atoms with E-state index >= 15 is 0 Å². The SMILES string of the molecule is CCCCCCCCCCCCCCCCCCN1C=CN(C)C1.O=[N+]([O-])O. The molecule has 6 nitrogen and oxygen atoms in total. The first-order chi connectivity index (χ1) is 13.6. The molecule has 0 spiro atoms. The maximum absolute atomic E-state index is 8.36. The van der Waals surface area contributed by atoms with E-state index in [0.29, 0.717) is 0 Å². The molecular formula is C22H45N3O3. The average molecular weight is 400 g/mol. The zero-order chi connectivity index (χ0) is 20.9. The Morgan fingerprint density at radius 1 is 0.786 bits per heavy atom. The normalized spacial score (nSPS) is 12.9. The molecule has 0 aromatic carbocycles. The highest BCUT2D eigenvalue weighted by Crippen LogP contribution is 2.14. The highest BCUT2D eigenvalue weighted by molar-refractivity contribution is 4.88. The molecule has 0 radical (unpaired) electrons. The van der Waals surface area contributed by atoms with Crippen molar-refractivity contribution in [1.82, 2.24) is 9.80 Å². The first kappa shape index (κ1) is 26.5. The van der Waals surface area contributed by atoms with Gasteiger partial charge in [0.1, 0.15) is 0 Å². The van der Waals surface area contributed by atoms with Gasteiger partial charge in [0.05, 0.1) is 6.67 Å². The number of hydrogen-bond acceptors (Lipinski definition) is 4. The predicted molar refractivity (Wildman–Crippen MR) is 117 cm³/mol. The predicted octanol–water partition coefficient (Wildman–Crippen LogP) is 6.58. The Kier molecular flexibility index (Phi) is 19.2. The summed E-state index contributed by atoms with van der Waals surface area (Å²) in [6.07, 6.45) is 27.6. The highest BCUT2D eigenvalue weighted by Gasteiger charge is 2.06. The smallest absolute Gasteiger partial charge is 0.291 e. The van der Waals surface area contributed by atoms with Crippen LogP contribution in [0.1, 0.15) is 110 Å². The number of rotatable bonds is 17. The molecule has 0 saturated heterocycles. The van der Waals surface area contributed by atoms with Crippen molar-refractivity contribution in [2.24, 2.45) is 0 Å². The standard InChI is InChI=1S/C22H44N2.HNO3/c1-3-4-5-6-7-8-9-10-11-12-13-14-15-16-17-18-19-24-21-20-23(2)22-24;2-1(3)4/h20-21H,3-19,22H2,1-2H3;(H,2,3,4). The molecule has 1 aliphatic heterocycles. The molecular weight excluding hydrogens is 354 g/mol. The first-order valence-corrected chi connectivity index (χ1v) is 11.5. The summed E-state index contributed by atoms with van der Waals surface area (Å²) in [5.74, 6) is 0. The Balaban J connectivity index is 0.00000165.